The number of hydrogen-bond acceptors (Lipinski definition) is 9. The quantitative estimate of drug-likeness (QED) is 0.177. The molecule has 0 bridgehead atoms. The van der Waals surface area contributed by atoms with Crippen molar-refractivity contribution in [1.29, 1.82) is 0 Å². The first-order chi connectivity index (χ1) is 20.5. The first-order valence-corrected chi connectivity index (χ1v) is 14.7. The van der Waals surface area contributed by atoms with Crippen molar-refractivity contribution in [2.75, 3.05) is 53.6 Å². The number of rotatable bonds is 10. The Hall–Kier alpha value is -4.09. The van der Waals surface area contributed by atoms with E-state index >= 15 is 0 Å². The first-order valence-electron chi connectivity index (χ1n) is 13.9. The van der Waals surface area contributed by atoms with Crippen LogP contribution in [-0.2, 0) is 9.53 Å². The van der Waals surface area contributed by atoms with Crippen molar-refractivity contribution in [3.8, 4) is 0 Å². The van der Waals surface area contributed by atoms with Crippen LogP contribution < -0.4 is 20.9 Å². The number of nitrogens with zero attached hydrogens (tertiary/aromatic N) is 4. The molecule has 1 aromatic heterocycles. The third-order valence-corrected chi connectivity index (χ3v) is 7.08. The fourth-order valence-electron chi connectivity index (χ4n) is 4.29. The SMILES string of the molecule is CC(C)(C)OC(=O)N1CCN(c2ccc(Nc3ncc(C(=O)Nc4c(Cl)cccc4Cl)c(NCCCC=O)n3)cc2)CC1. The van der Waals surface area contributed by atoms with Gasteiger partial charge >= 0.3 is 6.09 Å². The summed E-state index contributed by atoms with van der Waals surface area (Å²) in [5.41, 5.74) is 1.73. The zero-order valence-electron chi connectivity index (χ0n) is 24.3. The molecule has 13 heteroatoms. The average molecular weight is 629 g/mol. The second-order valence-electron chi connectivity index (χ2n) is 10.9. The molecule has 2 amide bonds. The third kappa shape index (κ3) is 8.95. The summed E-state index contributed by atoms with van der Waals surface area (Å²) in [6.45, 7) is 8.55. The van der Waals surface area contributed by atoms with Gasteiger partial charge < -0.3 is 35.3 Å². The van der Waals surface area contributed by atoms with Crippen molar-refractivity contribution in [1.82, 2.24) is 14.9 Å². The number of carbonyl (C=O) groups is 3. The highest BCUT2D eigenvalue weighted by Crippen LogP contribution is 2.31. The van der Waals surface area contributed by atoms with Crippen LogP contribution in [-0.4, -0.2) is 71.5 Å². The number of halogens is 2. The van der Waals surface area contributed by atoms with Gasteiger partial charge in [-0.25, -0.2) is 9.78 Å². The molecule has 0 aliphatic carbocycles. The van der Waals surface area contributed by atoms with E-state index in [-0.39, 0.29) is 23.3 Å². The number of hydrogen-bond donors (Lipinski definition) is 3. The maximum Gasteiger partial charge on any atom is 0.410 e. The fraction of sp³-hybridized carbons (Fsp3) is 0.367. The molecule has 43 heavy (non-hydrogen) atoms. The summed E-state index contributed by atoms with van der Waals surface area (Å²) in [5.74, 6) is 0.0862. The van der Waals surface area contributed by atoms with Gasteiger partial charge in [-0.05, 0) is 63.6 Å². The Balaban J connectivity index is 1.42. The van der Waals surface area contributed by atoms with E-state index in [0.29, 0.717) is 61.4 Å². The summed E-state index contributed by atoms with van der Waals surface area (Å²) >= 11 is 12.4. The Bertz CT molecular complexity index is 1420. The van der Waals surface area contributed by atoms with Crippen LogP contribution in [0.15, 0.2) is 48.7 Å². The topological polar surface area (TPSA) is 129 Å². The van der Waals surface area contributed by atoms with E-state index in [1.165, 1.54) is 6.20 Å². The number of unbranched alkanes of at least 4 members (excludes halogenated alkanes) is 1. The molecule has 0 radical (unpaired) electrons. The second-order valence-corrected chi connectivity index (χ2v) is 11.7. The zero-order valence-corrected chi connectivity index (χ0v) is 25.8. The molecule has 1 saturated heterocycles. The molecule has 1 aliphatic rings. The number of amides is 2. The predicted octanol–water partition coefficient (Wildman–Crippen LogP) is 6.23. The largest absolute Gasteiger partial charge is 0.444 e. The number of aldehydes is 1. The predicted molar refractivity (Wildman–Crippen MR) is 170 cm³/mol. The Morgan fingerprint density at radius 2 is 1.70 bits per heavy atom. The van der Waals surface area contributed by atoms with Crippen molar-refractivity contribution in [3.63, 3.8) is 0 Å². The van der Waals surface area contributed by atoms with Crippen LogP contribution in [0, 0.1) is 0 Å². The fourth-order valence-corrected chi connectivity index (χ4v) is 4.78. The van der Waals surface area contributed by atoms with Crippen molar-refractivity contribution >= 4 is 70.3 Å². The van der Waals surface area contributed by atoms with E-state index in [0.717, 1.165) is 17.7 Å². The van der Waals surface area contributed by atoms with Gasteiger partial charge in [0.2, 0.25) is 5.95 Å². The Kier molecular flexibility index (Phi) is 10.7. The van der Waals surface area contributed by atoms with Gasteiger partial charge in [-0.1, -0.05) is 29.3 Å². The summed E-state index contributed by atoms with van der Waals surface area (Å²) < 4.78 is 5.48. The number of anilines is 5. The summed E-state index contributed by atoms with van der Waals surface area (Å²) in [7, 11) is 0. The maximum absolute atomic E-state index is 13.1. The molecular weight excluding hydrogens is 593 g/mol. The molecule has 1 aliphatic heterocycles. The molecule has 228 valence electrons. The van der Waals surface area contributed by atoms with Gasteiger partial charge in [-0.2, -0.15) is 4.98 Å². The van der Waals surface area contributed by atoms with Crippen molar-refractivity contribution in [2.45, 2.75) is 39.2 Å². The Morgan fingerprint density at radius 1 is 1.02 bits per heavy atom. The minimum Gasteiger partial charge on any atom is -0.444 e. The number of nitrogens with one attached hydrogen (secondary N) is 3. The van der Waals surface area contributed by atoms with Gasteiger partial charge in [0.1, 0.15) is 23.3 Å². The summed E-state index contributed by atoms with van der Waals surface area (Å²) in [5, 5.41) is 9.63. The molecular formula is C30H35Cl2N7O4. The van der Waals surface area contributed by atoms with Crippen LogP contribution in [0.1, 0.15) is 44.0 Å². The first kappa shape index (κ1) is 31.8. The minimum atomic E-state index is -0.522. The van der Waals surface area contributed by atoms with Crippen LogP contribution in [0.25, 0.3) is 0 Å². The van der Waals surface area contributed by atoms with Crippen molar-refractivity contribution in [3.05, 3.63) is 64.3 Å². The third-order valence-electron chi connectivity index (χ3n) is 6.45. The lowest BCUT2D eigenvalue weighted by Crippen LogP contribution is -2.50. The van der Waals surface area contributed by atoms with Crippen LogP contribution in [0.5, 0.6) is 0 Å². The molecule has 0 saturated carbocycles. The zero-order chi connectivity index (χ0) is 31.0. The standard InChI is InChI=1S/C30H35Cl2N7O4/c1-30(2,3)43-29(42)39-16-14-38(15-17-39)21-11-9-20(10-12-21)35-28-34-19-22(26(37-28)33-13-4-5-18-40)27(41)36-25-23(31)7-6-8-24(25)32/h6-12,18-19H,4-5,13-17H2,1-3H3,(H,36,41)(H2,33,34,35,37). The highest BCUT2D eigenvalue weighted by Gasteiger charge is 2.26. The van der Waals surface area contributed by atoms with E-state index in [9.17, 15) is 14.4 Å². The van der Waals surface area contributed by atoms with Crippen LogP contribution >= 0.6 is 23.2 Å². The number of benzene rings is 2. The highest BCUT2D eigenvalue weighted by molar-refractivity contribution is 6.40. The lowest BCUT2D eigenvalue weighted by molar-refractivity contribution is -0.107. The number of para-hydroxylation sites is 1. The van der Waals surface area contributed by atoms with E-state index < -0.39 is 11.5 Å². The molecule has 0 unspecified atom stereocenters. The molecule has 2 heterocycles. The van der Waals surface area contributed by atoms with Gasteiger partial charge in [-0.15, -0.1) is 0 Å². The number of carbonyl (C=O) groups excluding carboxylic acids is 3. The number of piperazine rings is 1. The van der Waals surface area contributed by atoms with Crippen LogP contribution in [0.3, 0.4) is 0 Å². The molecule has 2 aromatic carbocycles. The van der Waals surface area contributed by atoms with E-state index in [2.05, 4.69) is 30.8 Å². The summed E-state index contributed by atoms with van der Waals surface area (Å²) in [6.07, 6.45) is 2.91. The Morgan fingerprint density at radius 3 is 2.33 bits per heavy atom. The lowest BCUT2D eigenvalue weighted by Gasteiger charge is -2.36. The molecule has 4 rings (SSSR count). The summed E-state index contributed by atoms with van der Waals surface area (Å²) in [4.78, 5) is 49.1. The van der Waals surface area contributed by atoms with Gasteiger partial charge in [0, 0.05) is 56.7 Å². The normalized spacial score (nSPS) is 13.3. The van der Waals surface area contributed by atoms with Crippen molar-refractivity contribution < 1.29 is 19.1 Å². The van der Waals surface area contributed by atoms with Gasteiger partial charge in [0.05, 0.1) is 15.7 Å². The minimum absolute atomic E-state index is 0.188. The molecule has 3 N–H and O–H groups in total. The monoisotopic (exact) mass is 627 g/mol. The van der Waals surface area contributed by atoms with Crippen LogP contribution in [0.2, 0.25) is 10.0 Å². The number of aromatic nitrogens is 2. The average Bonchev–Trinajstić information content (AvgIpc) is 2.97. The van der Waals surface area contributed by atoms with Crippen molar-refractivity contribution in [2.24, 2.45) is 0 Å². The molecule has 0 atom stereocenters. The summed E-state index contributed by atoms with van der Waals surface area (Å²) in [6, 6.07) is 12.7. The molecule has 0 spiro atoms. The van der Waals surface area contributed by atoms with Gasteiger partial charge in [-0.3, -0.25) is 4.79 Å². The van der Waals surface area contributed by atoms with Gasteiger partial charge in [0.15, 0.2) is 0 Å². The maximum atomic E-state index is 13.1. The van der Waals surface area contributed by atoms with E-state index in [1.807, 2.05) is 45.0 Å². The highest BCUT2D eigenvalue weighted by atomic mass is 35.5. The van der Waals surface area contributed by atoms with Crippen LogP contribution in [0.4, 0.5) is 33.6 Å². The molecule has 1 fully saturated rings. The van der Waals surface area contributed by atoms with E-state index in [4.69, 9.17) is 27.9 Å². The van der Waals surface area contributed by atoms with E-state index in [1.54, 1.807) is 23.1 Å². The molecule has 3 aromatic rings. The second kappa shape index (κ2) is 14.4. The number of ether oxygens (including phenoxy) is 1. The van der Waals surface area contributed by atoms with Gasteiger partial charge in [0.25, 0.3) is 5.91 Å². The lowest BCUT2D eigenvalue weighted by atomic mass is 10.2. The Labute approximate surface area is 260 Å². The smallest absolute Gasteiger partial charge is 0.410 e. The molecule has 11 nitrogen and oxygen atoms in total.